The first kappa shape index (κ1) is 13.7. The predicted octanol–water partition coefficient (Wildman–Crippen LogP) is 3.27. The average molecular weight is 290 g/mol. The Morgan fingerprint density at radius 1 is 1.39 bits per heavy atom. The van der Waals surface area contributed by atoms with E-state index in [1.807, 2.05) is 0 Å². The van der Waals surface area contributed by atoms with Gasteiger partial charge < -0.3 is 15.4 Å². The van der Waals surface area contributed by atoms with Gasteiger partial charge in [0.25, 0.3) is 0 Å². The number of nitrogens with zero attached hydrogens (tertiary/aromatic N) is 1. The van der Waals surface area contributed by atoms with Crippen LogP contribution in [0.1, 0.15) is 13.3 Å². The molecular formula is C12H17Cl2N3O. The highest BCUT2D eigenvalue weighted by Crippen LogP contribution is 2.30. The van der Waals surface area contributed by atoms with Crippen molar-refractivity contribution < 1.29 is 4.74 Å². The molecule has 1 aromatic rings. The zero-order valence-electron chi connectivity index (χ0n) is 10.5. The van der Waals surface area contributed by atoms with Crippen LogP contribution in [0.3, 0.4) is 0 Å². The number of hydrogen-bond donors (Lipinski definition) is 2. The molecule has 0 radical (unpaired) electrons. The monoisotopic (exact) mass is 289 g/mol. The highest BCUT2D eigenvalue weighted by Gasteiger charge is 2.23. The van der Waals surface area contributed by atoms with E-state index in [2.05, 4.69) is 22.5 Å². The number of hydrogen-bond acceptors (Lipinski definition) is 4. The van der Waals surface area contributed by atoms with Gasteiger partial charge in [-0.1, -0.05) is 23.2 Å². The van der Waals surface area contributed by atoms with Crippen molar-refractivity contribution in [2.45, 2.75) is 19.4 Å². The fourth-order valence-corrected chi connectivity index (χ4v) is 2.53. The highest BCUT2D eigenvalue weighted by molar-refractivity contribution is 6.37. The van der Waals surface area contributed by atoms with Gasteiger partial charge in [0.05, 0.1) is 16.7 Å². The average Bonchev–Trinajstić information content (AvgIpc) is 2.86. The SMILES string of the molecule is CNc1nc(NC(C)C2CCOC2)c(Cl)cc1Cl. The van der Waals surface area contributed by atoms with Gasteiger partial charge in [-0.05, 0) is 19.4 Å². The lowest BCUT2D eigenvalue weighted by atomic mass is 10.0. The van der Waals surface area contributed by atoms with E-state index in [9.17, 15) is 0 Å². The largest absolute Gasteiger partial charge is 0.381 e. The van der Waals surface area contributed by atoms with Crippen LogP contribution in [0.2, 0.25) is 10.0 Å². The Hall–Kier alpha value is -0.710. The summed E-state index contributed by atoms with van der Waals surface area (Å²) in [5.41, 5.74) is 0. The van der Waals surface area contributed by atoms with Crippen molar-refractivity contribution in [1.29, 1.82) is 0 Å². The van der Waals surface area contributed by atoms with E-state index < -0.39 is 0 Å². The van der Waals surface area contributed by atoms with Crippen LogP contribution in [0.25, 0.3) is 0 Å². The molecule has 0 aromatic carbocycles. The lowest BCUT2D eigenvalue weighted by Gasteiger charge is -2.21. The molecule has 2 unspecified atom stereocenters. The Kier molecular flexibility index (Phi) is 4.54. The van der Waals surface area contributed by atoms with Crippen LogP contribution in [-0.4, -0.2) is 31.3 Å². The molecule has 2 N–H and O–H groups in total. The van der Waals surface area contributed by atoms with E-state index in [0.717, 1.165) is 19.6 Å². The first-order valence-electron chi connectivity index (χ1n) is 6.00. The highest BCUT2D eigenvalue weighted by atomic mass is 35.5. The third-order valence-electron chi connectivity index (χ3n) is 3.20. The Morgan fingerprint density at radius 3 is 2.72 bits per heavy atom. The Morgan fingerprint density at radius 2 is 2.11 bits per heavy atom. The molecule has 1 aliphatic rings. The molecule has 6 heteroatoms. The molecule has 2 rings (SSSR count). The molecule has 0 spiro atoms. The van der Waals surface area contributed by atoms with Crippen molar-refractivity contribution >= 4 is 34.8 Å². The summed E-state index contributed by atoms with van der Waals surface area (Å²) in [6.45, 7) is 3.74. The predicted molar refractivity (Wildman–Crippen MR) is 75.8 cm³/mol. The molecule has 1 aromatic heterocycles. The third kappa shape index (κ3) is 2.99. The second-order valence-corrected chi connectivity index (χ2v) is 5.27. The van der Waals surface area contributed by atoms with Gasteiger partial charge >= 0.3 is 0 Å². The van der Waals surface area contributed by atoms with Gasteiger partial charge in [-0.15, -0.1) is 0 Å². The molecule has 100 valence electrons. The second kappa shape index (κ2) is 5.95. The first-order valence-corrected chi connectivity index (χ1v) is 6.75. The number of aromatic nitrogens is 1. The maximum absolute atomic E-state index is 6.14. The van der Waals surface area contributed by atoms with Crippen molar-refractivity contribution in [3.05, 3.63) is 16.1 Å². The van der Waals surface area contributed by atoms with Crippen molar-refractivity contribution in [2.24, 2.45) is 5.92 Å². The number of anilines is 2. The maximum atomic E-state index is 6.14. The smallest absolute Gasteiger partial charge is 0.147 e. The number of rotatable bonds is 4. The van der Waals surface area contributed by atoms with Crippen LogP contribution in [-0.2, 0) is 4.74 Å². The van der Waals surface area contributed by atoms with E-state index in [1.165, 1.54) is 0 Å². The number of pyridine rings is 1. The molecular weight excluding hydrogens is 273 g/mol. The molecule has 0 saturated carbocycles. The number of ether oxygens (including phenoxy) is 1. The Bertz CT molecular complexity index is 422. The van der Waals surface area contributed by atoms with E-state index in [1.54, 1.807) is 13.1 Å². The zero-order chi connectivity index (χ0) is 13.1. The van der Waals surface area contributed by atoms with E-state index in [-0.39, 0.29) is 6.04 Å². The molecule has 1 saturated heterocycles. The summed E-state index contributed by atoms with van der Waals surface area (Å²) in [5.74, 6) is 1.78. The van der Waals surface area contributed by atoms with Gasteiger partial charge in [0.2, 0.25) is 0 Å². The van der Waals surface area contributed by atoms with Crippen molar-refractivity contribution in [3.8, 4) is 0 Å². The molecule has 2 heterocycles. The normalized spacial score (nSPS) is 20.8. The Labute approximate surface area is 117 Å². The number of halogens is 2. The van der Waals surface area contributed by atoms with Crippen LogP contribution in [0.5, 0.6) is 0 Å². The molecule has 18 heavy (non-hydrogen) atoms. The van der Waals surface area contributed by atoms with Crippen molar-refractivity contribution in [2.75, 3.05) is 30.9 Å². The lowest BCUT2D eigenvalue weighted by Crippen LogP contribution is -2.26. The summed E-state index contributed by atoms with van der Waals surface area (Å²) >= 11 is 12.1. The van der Waals surface area contributed by atoms with Gasteiger partial charge in [0.15, 0.2) is 0 Å². The molecule has 2 atom stereocenters. The second-order valence-electron chi connectivity index (χ2n) is 4.46. The summed E-state index contributed by atoms with van der Waals surface area (Å²) in [6, 6.07) is 1.96. The van der Waals surface area contributed by atoms with Gasteiger partial charge in [0, 0.05) is 25.6 Å². The summed E-state index contributed by atoms with van der Waals surface area (Å²) in [5, 5.41) is 7.32. The van der Waals surface area contributed by atoms with Crippen molar-refractivity contribution in [1.82, 2.24) is 4.98 Å². The first-order chi connectivity index (χ1) is 8.61. The molecule has 0 bridgehead atoms. The minimum absolute atomic E-state index is 0.267. The van der Waals surface area contributed by atoms with Crippen LogP contribution in [0.4, 0.5) is 11.6 Å². The van der Waals surface area contributed by atoms with Gasteiger partial charge in [0.1, 0.15) is 11.6 Å². The van der Waals surface area contributed by atoms with Gasteiger partial charge in [-0.2, -0.15) is 0 Å². The minimum Gasteiger partial charge on any atom is -0.381 e. The molecule has 1 aliphatic heterocycles. The van der Waals surface area contributed by atoms with Crippen LogP contribution >= 0.6 is 23.2 Å². The maximum Gasteiger partial charge on any atom is 0.147 e. The minimum atomic E-state index is 0.267. The van der Waals surface area contributed by atoms with E-state index >= 15 is 0 Å². The topological polar surface area (TPSA) is 46.2 Å². The van der Waals surface area contributed by atoms with Crippen LogP contribution in [0, 0.1) is 5.92 Å². The molecule has 1 fully saturated rings. The number of nitrogens with one attached hydrogen (secondary N) is 2. The summed E-state index contributed by atoms with van der Waals surface area (Å²) in [6.07, 6.45) is 1.07. The summed E-state index contributed by atoms with van der Waals surface area (Å²) < 4.78 is 5.38. The fourth-order valence-electron chi connectivity index (χ4n) is 2.02. The third-order valence-corrected chi connectivity index (χ3v) is 3.78. The van der Waals surface area contributed by atoms with Gasteiger partial charge in [-0.25, -0.2) is 4.98 Å². The lowest BCUT2D eigenvalue weighted by molar-refractivity contribution is 0.183. The van der Waals surface area contributed by atoms with Gasteiger partial charge in [-0.3, -0.25) is 0 Å². The van der Waals surface area contributed by atoms with E-state index in [0.29, 0.717) is 27.6 Å². The van der Waals surface area contributed by atoms with E-state index in [4.69, 9.17) is 27.9 Å². The fraction of sp³-hybridized carbons (Fsp3) is 0.583. The zero-order valence-corrected chi connectivity index (χ0v) is 12.0. The summed E-state index contributed by atoms with van der Waals surface area (Å²) in [7, 11) is 1.78. The van der Waals surface area contributed by atoms with Crippen molar-refractivity contribution in [3.63, 3.8) is 0 Å². The standard InChI is InChI=1S/C12H17Cl2N3O/c1-7(8-3-4-18-6-8)16-12-10(14)5-9(13)11(15-2)17-12/h5,7-8H,3-4,6H2,1-2H3,(H2,15,16,17). The molecule has 0 amide bonds. The Balaban J connectivity index is 2.12. The quantitative estimate of drug-likeness (QED) is 0.893. The summed E-state index contributed by atoms with van der Waals surface area (Å²) in [4.78, 5) is 4.37. The van der Waals surface area contributed by atoms with Crippen LogP contribution in [0.15, 0.2) is 6.07 Å². The molecule has 0 aliphatic carbocycles. The molecule has 4 nitrogen and oxygen atoms in total. The van der Waals surface area contributed by atoms with Crippen LogP contribution < -0.4 is 10.6 Å².